The molecule has 1 atom stereocenters. The number of hydrogen-bond acceptors (Lipinski definition) is 3. The maximum Gasteiger partial charge on any atom is 0.0812 e. The first-order chi connectivity index (χ1) is 11.5. The zero-order valence-electron chi connectivity index (χ0n) is 14.3. The number of hydrogen-bond donors (Lipinski definition) is 1. The third kappa shape index (κ3) is 3.93. The number of rotatable bonds is 4. The minimum Gasteiger partial charge on any atom is -0.388 e. The van der Waals surface area contributed by atoms with Gasteiger partial charge in [0.15, 0.2) is 0 Å². The largest absolute Gasteiger partial charge is 0.388 e. The van der Waals surface area contributed by atoms with E-state index in [0.717, 1.165) is 36.2 Å². The quantitative estimate of drug-likeness (QED) is 0.836. The van der Waals surface area contributed by atoms with Gasteiger partial charge in [-0.25, -0.2) is 0 Å². The van der Waals surface area contributed by atoms with Gasteiger partial charge in [0.1, 0.15) is 0 Å². The van der Waals surface area contributed by atoms with Crippen molar-refractivity contribution in [2.24, 2.45) is 5.92 Å². The molecule has 1 aliphatic heterocycles. The molecule has 1 N–H and O–H groups in total. The molecule has 3 nitrogen and oxygen atoms in total. The summed E-state index contributed by atoms with van der Waals surface area (Å²) in [6.45, 7) is 8.17. The fraction of sp³-hybridized carbons (Fsp3) is 0.400. The van der Waals surface area contributed by atoms with Crippen LogP contribution < -0.4 is 9.80 Å². The molecule has 1 saturated heterocycles. The van der Waals surface area contributed by atoms with Gasteiger partial charge in [-0.05, 0) is 47.9 Å². The zero-order valence-corrected chi connectivity index (χ0v) is 15.9. The van der Waals surface area contributed by atoms with Crippen molar-refractivity contribution in [2.75, 3.05) is 36.0 Å². The Balaban J connectivity index is 1.61. The van der Waals surface area contributed by atoms with Gasteiger partial charge < -0.3 is 14.9 Å². The summed E-state index contributed by atoms with van der Waals surface area (Å²) in [7, 11) is 0. The molecule has 2 aromatic rings. The van der Waals surface area contributed by atoms with E-state index in [1.54, 1.807) is 0 Å². The number of benzene rings is 2. The van der Waals surface area contributed by atoms with E-state index in [4.69, 9.17) is 0 Å². The van der Waals surface area contributed by atoms with Crippen LogP contribution in [-0.2, 0) is 0 Å². The van der Waals surface area contributed by atoms with Gasteiger partial charge >= 0.3 is 0 Å². The Hall–Kier alpha value is -1.52. The topological polar surface area (TPSA) is 26.7 Å². The predicted octanol–water partition coefficient (Wildman–Crippen LogP) is 4.47. The van der Waals surface area contributed by atoms with Crippen LogP contribution in [0.5, 0.6) is 0 Å². The standard InChI is InChI=1S/C20H25BrN2O/c1-15(2)20(24)16-3-7-18(8-4-16)22-11-13-23(14-12-22)19-9-5-17(21)6-10-19/h3-10,15,20,24H,11-14H2,1-2H3. The van der Waals surface area contributed by atoms with Crippen LogP contribution in [0, 0.1) is 5.92 Å². The molecule has 4 heteroatoms. The highest BCUT2D eigenvalue weighted by molar-refractivity contribution is 9.10. The van der Waals surface area contributed by atoms with E-state index in [1.807, 2.05) is 13.8 Å². The van der Waals surface area contributed by atoms with Crippen LogP contribution in [0.4, 0.5) is 11.4 Å². The Kier molecular flexibility index (Phi) is 5.47. The molecule has 0 saturated carbocycles. The summed E-state index contributed by atoms with van der Waals surface area (Å²) < 4.78 is 1.12. The fourth-order valence-electron chi connectivity index (χ4n) is 3.14. The lowest BCUT2D eigenvalue weighted by atomic mass is 9.99. The van der Waals surface area contributed by atoms with E-state index < -0.39 is 0 Å². The lowest BCUT2D eigenvalue weighted by molar-refractivity contribution is 0.127. The van der Waals surface area contributed by atoms with Crippen LogP contribution >= 0.6 is 15.9 Å². The first-order valence-corrected chi connectivity index (χ1v) is 9.37. The summed E-state index contributed by atoms with van der Waals surface area (Å²) in [4.78, 5) is 4.85. The van der Waals surface area contributed by atoms with Crippen LogP contribution in [0.25, 0.3) is 0 Å². The van der Waals surface area contributed by atoms with Gasteiger partial charge in [0.2, 0.25) is 0 Å². The molecule has 0 bridgehead atoms. The molecular weight excluding hydrogens is 364 g/mol. The monoisotopic (exact) mass is 388 g/mol. The molecule has 24 heavy (non-hydrogen) atoms. The van der Waals surface area contributed by atoms with Crippen molar-refractivity contribution in [2.45, 2.75) is 20.0 Å². The molecule has 1 aliphatic rings. The summed E-state index contributed by atoms with van der Waals surface area (Å²) in [5.41, 5.74) is 3.53. The molecule has 0 spiro atoms. The maximum absolute atomic E-state index is 10.2. The Morgan fingerprint density at radius 2 is 1.21 bits per heavy atom. The second kappa shape index (κ2) is 7.58. The van der Waals surface area contributed by atoms with Gasteiger partial charge in [0.25, 0.3) is 0 Å². The summed E-state index contributed by atoms with van der Waals surface area (Å²) in [6, 6.07) is 16.9. The van der Waals surface area contributed by atoms with Gasteiger partial charge in [-0.3, -0.25) is 0 Å². The number of piperazine rings is 1. The molecular formula is C20H25BrN2O. The van der Waals surface area contributed by atoms with E-state index >= 15 is 0 Å². The van der Waals surface area contributed by atoms with E-state index in [2.05, 4.69) is 74.3 Å². The van der Waals surface area contributed by atoms with Crippen LogP contribution in [-0.4, -0.2) is 31.3 Å². The Morgan fingerprint density at radius 3 is 1.62 bits per heavy atom. The molecule has 1 unspecified atom stereocenters. The minimum absolute atomic E-state index is 0.241. The van der Waals surface area contributed by atoms with Crippen LogP contribution in [0.1, 0.15) is 25.5 Å². The summed E-state index contributed by atoms with van der Waals surface area (Å²) in [5.74, 6) is 0.241. The van der Waals surface area contributed by atoms with Gasteiger partial charge in [0.05, 0.1) is 6.10 Å². The molecule has 0 radical (unpaired) electrons. The molecule has 2 aromatic carbocycles. The van der Waals surface area contributed by atoms with Crippen LogP contribution in [0.15, 0.2) is 53.0 Å². The lowest BCUT2D eigenvalue weighted by Gasteiger charge is -2.37. The zero-order chi connectivity index (χ0) is 17.1. The summed E-state index contributed by atoms with van der Waals surface area (Å²) >= 11 is 3.49. The van der Waals surface area contributed by atoms with Crippen molar-refractivity contribution >= 4 is 27.3 Å². The Bertz CT molecular complexity index is 646. The van der Waals surface area contributed by atoms with Crippen molar-refractivity contribution in [3.63, 3.8) is 0 Å². The minimum atomic E-state index is -0.381. The lowest BCUT2D eigenvalue weighted by Crippen LogP contribution is -2.46. The molecule has 0 aromatic heterocycles. The van der Waals surface area contributed by atoms with Crippen LogP contribution in [0.2, 0.25) is 0 Å². The molecule has 1 heterocycles. The van der Waals surface area contributed by atoms with E-state index in [9.17, 15) is 5.11 Å². The van der Waals surface area contributed by atoms with Crippen molar-refractivity contribution in [3.8, 4) is 0 Å². The van der Waals surface area contributed by atoms with Crippen molar-refractivity contribution < 1.29 is 5.11 Å². The third-order valence-corrected chi connectivity index (χ3v) is 5.23. The average molecular weight is 389 g/mol. The first kappa shape index (κ1) is 17.3. The Morgan fingerprint density at radius 1 is 0.792 bits per heavy atom. The number of halogens is 1. The van der Waals surface area contributed by atoms with Gasteiger partial charge in [-0.1, -0.05) is 41.9 Å². The summed E-state index contributed by atoms with van der Waals surface area (Å²) in [5, 5.41) is 10.2. The SMILES string of the molecule is CC(C)C(O)c1ccc(N2CCN(c3ccc(Br)cc3)CC2)cc1. The second-order valence-electron chi connectivity index (χ2n) is 6.73. The van der Waals surface area contributed by atoms with E-state index in [1.165, 1.54) is 11.4 Å². The van der Waals surface area contributed by atoms with Crippen molar-refractivity contribution in [1.29, 1.82) is 0 Å². The van der Waals surface area contributed by atoms with E-state index in [-0.39, 0.29) is 12.0 Å². The van der Waals surface area contributed by atoms with Crippen LogP contribution in [0.3, 0.4) is 0 Å². The molecule has 1 fully saturated rings. The van der Waals surface area contributed by atoms with E-state index in [0.29, 0.717) is 0 Å². The van der Waals surface area contributed by atoms with Crippen molar-refractivity contribution in [1.82, 2.24) is 0 Å². The highest BCUT2D eigenvalue weighted by Crippen LogP contribution is 2.26. The molecule has 3 rings (SSSR count). The molecule has 0 aliphatic carbocycles. The first-order valence-electron chi connectivity index (χ1n) is 8.58. The highest BCUT2D eigenvalue weighted by atomic mass is 79.9. The molecule has 128 valence electrons. The highest BCUT2D eigenvalue weighted by Gasteiger charge is 2.18. The number of nitrogens with zero attached hydrogens (tertiary/aromatic N) is 2. The maximum atomic E-state index is 10.2. The summed E-state index contributed by atoms with van der Waals surface area (Å²) in [6.07, 6.45) is -0.381. The second-order valence-corrected chi connectivity index (χ2v) is 7.65. The fourth-order valence-corrected chi connectivity index (χ4v) is 3.41. The predicted molar refractivity (Wildman–Crippen MR) is 105 cm³/mol. The number of aliphatic hydroxyl groups excluding tert-OH is 1. The average Bonchev–Trinajstić information content (AvgIpc) is 2.62. The smallest absolute Gasteiger partial charge is 0.0812 e. The molecule has 0 amide bonds. The van der Waals surface area contributed by atoms with Gasteiger partial charge in [0, 0.05) is 42.0 Å². The number of aliphatic hydroxyl groups is 1. The van der Waals surface area contributed by atoms with Gasteiger partial charge in [-0.2, -0.15) is 0 Å². The Labute approximate surface area is 153 Å². The third-order valence-electron chi connectivity index (χ3n) is 4.70. The van der Waals surface area contributed by atoms with Crippen molar-refractivity contribution in [3.05, 3.63) is 58.6 Å². The normalized spacial score (nSPS) is 16.5. The van der Waals surface area contributed by atoms with Gasteiger partial charge in [-0.15, -0.1) is 0 Å². The number of anilines is 2.